The number of carbonyl (C=O) groups is 2. The summed E-state index contributed by atoms with van der Waals surface area (Å²) in [6.07, 6.45) is 0. The van der Waals surface area contributed by atoms with Crippen LogP contribution in [-0.2, 0) is 11.3 Å². The first kappa shape index (κ1) is 12.7. The fourth-order valence-corrected chi connectivity index (χ4v) is 2.44. The van der Waals surface area contributed by atoms with Gasteiger partial charge in [-0.3, -0.25) is 9.59 Å². The maximum atomic E-state index is 11.2. The van der Waals surface area contributed by atoms with Crippen LogP contribution in [0.25, 0.3) is 0 Å². The first-order valence-electron chi connectivity index (χ1n) is 5.10. The van der Waals surface area contributed by atoms with E-state index in [-0.39, 0.29) is 11.7 Å². The standard InChI is InChI=1S/C11H16N2O2S/c1-4-13(8(3)15)6-9-5-10(7(2)14)11(12)16-9/h5H,4,6,12H2,1-3H3. The average Bonchev–Trinajstić information content (AvgIpc) is 2.55. The smallest absolute Gasteiger partial charge is 0.219 e. The highest BCUT2D eigenvalue weighted by Gasteiger charge is 2.13. The molecule has 0 aliphatic heterocycles. The Kier molecular flexibility index (Phi) is 4.06. The topological polar surface area (TPSA) is 63.4 Å². The van der Waals surface area contributed by atoms with Crippen LogP contribution >= 0.6 is 11.3 Å². The Morgan fingerprint density at radius 2 is 2.06 bits per heavy atom. The monoisotopic (exact) mass is 240 g/mol. The highest BCUT2D eigenvalue weighted by Crippen LogP contribution is 2.26. The van der Waals surface area contributed by atoms with Crippen molar-refractivity contribution in [1.29, 1.82) is 0 Å². The van der Waals surface area contributed by atoms with Crippen LogP contribution < -0.4 is 5.73 Å². The summed E-state index contributed by atoms with van der Waals surface area (Å²) in [6, 6.07) is 1.77. The van der Waals surface area contributed by atoms with E-state index in [1.807, 2.05) is 6.92 Å². The van der Waals surface area contributed by atoms with E-state index in [9.17, 15) is 9.59 Å². The average molecular weight is 240 g/mol. The maximum Gasteiger partial charge on any atom is 0.219 e. The number of hydrogen-bond donors (Lipinski definition) is 1. The van der Waals surface area contributed by atoms with Crippen molar-refractivity contribution in [3.8, 4) is 0 Å². The highest BCUT2D eigenvalue weighted by atomic mass is 32.1. The molecule has 0 fully saturated rings. The predicted octanol–water partition coefficient (Wildman–Crippen LogP) is 1.90. The molecule has 0 aliphatic carbocycles. The van der Waals surface area contributed by atoms with Crippen LogP contribution in [0.4, 0.5) is 5.00 Å². The highest BCUT2D eigenvalue weighted by molar-refractivity contribution is 7.16. The van der Waals surface area contributed by atoms with Gasteiger partial charge in [0, 0.05) is 18.3 Å². The van der Waals surface area contributed by atoms with E-state index in [1.165, 1.54) is 25.2 Å². The molecule has 16 heavy (non-hydrogen) atoms. The van der Waals surface area contributed by atoms with Crippen molar-refractivity contribution in [2.45, 2.75) is 27.3 Å². The lowest BCUT2D eigenvalue weighted by Gasteiger charge is -2.17. The van der Waals surface area contributed by atoms with Gasteiger partial charge in [0.1, 0.15) is 0 Å². The van der Waals surface area contributed by atoms with Crippen molar-refractivity contribution < 1.29 is 9.59 Å². The number of Topliss-reactive ketones (excluding diaryl/α,β-unsaturated/α-hetero) is 1. The number of nitrogens with two attached hydrogens (primary N) is 1. The molecule has 0 spiro atoms. The van der Waals surface area contributed by atoms with Crippen LogP contribution in [0.1, 0.15) is 36.0 Å². The minimum absolute atomic E-state index is 0.0267. The summed E-state index contributed by atoms with van der Waals surface area (Å²) in [7, 11) is 0. The number of hydrogen-bond acceptors (Lipinski definition) is 4. The molecule has 0 aliphatic rings. The Morgan fingerprint density at radius 1 is 1.44 bits per heavy atom. The Morgan fingerprint density at radius 3 is 2.44 bits per heavy atom. The number of carbonyl (C=O) groups excluding carboxylic acids is 2. The Hall–Kier alpha value is -1.36. The Bertz CT molecular complexity index is 412. The molecule has 1 rings (SSSR count). The zero-order valence-electron chi connectivity index (χ0n) is 9.74. The molecule has 0 aromatic carbocycles. The fourth-order valence-electron chi connectivity index (χ4n) is 1.44. The van der Waals surface area contributed by atoms with Crippen LogP contribution in [0.15, 0.2) is 6.07 Å². The molecule has 1 amide bonds. The molecule has 1 heterocycles. The largest absolute Gasteiger partial charge is 0.390 e. The van der Waals surface area contributed by atoms with Crippen molar-refractivity contribution in [3.63, 3.8) is 0 Å². The van der Waals surface area contributed by atoms with Crippen molar-refractivity contribution in [3.05, 3.63) is 16.5 Å². The first-order chi connectivity index (χ1) is 7.45. The van der Waals surface area contributed by atoms with Gasteiger partial charge in [-0.25, -0.2) is 0 Å². The molecule has 1 aromatic heterocycles. The number of anilines is 1. The third kappa shape index (κ3) is 2.82. The lowest BCUT2D eigenvalue weighted by molar-refractivity contribution is -0.129. The number of rotatable bonds is 4. The number of thiophene rings is 1. The van der Waals surface area contributed by atoms with Gasteiger partial charge in [-0.05, 0) is 19.9 Å². The van der Waals surface area contributed by atoms with Crippen molar-refractivity contribution in [2.75, 3.05) is 12.3 Å². The molecule has 0 bridgehead atoms. The van der Waals surface area contributed by atoms with Gasteiger partial charge >= 0.3 is 0 Å². The van der Waals surface area contributed by atoms with E-state index in [0.29, 0.717) is 23.7 Å². The van der Waals surface area contributed by atoms with Gasteiger partial charge in [-0.15, -0.1) is 11.3 Å². The molecule has 5 heteroatoms. The summed E-state index contributed by atoms with van der Waals surface area (Å²) >= 11 is 1.37. The zero-order valence-corrected chi connectivity index (χ0v) is 10.6. The number of nitrogens with zero attached hydrogens (tertiary/aromatic N) is 1. The molecule has 2 N–H and O–H groups in total. The van der Waals surface area contributed by atoms with Gasteiger partial charge in [0.05, 0.1) is 17.1 Å². The maximum absolute atomic E-state index is 11.2. The van der Waals surface area contributed by atoms with E-state index in [2.05, 4.69) is 0 Å². The third-order valence-electron chi connectivity index (χ3n) is 2.36. The quantitative estimate of drug-likeness (QED) is 0.817. The molecule has 0 unspecified atom stereocenters. The molecular formula is C11H16N2O2S. The van der Waals surface area contributed by atoms with Crippen molar-refractivity contribution >= 4 is 28.0 Å². The zero-order chi connectivity index (χ0) is 12.3. The summed E-state index contributed by atoms with van der Waals surface area (Å²) in [5.41, 5.74) is 6.29. The van der Waals surface area contributed by atoms with Crippen LogP contribution in [0.5, 0.6) is 0 Å². The number of nitrogen functional groups attached to an aromatic ring is 1. The van der Waals surface area contributed by atoms with E-state index < -0.39 is 0 Å². The Balaban J connectivity index is 2.86. The molecule has 88 valence electrons. The summed E-state index contributed by atoms with van der Waals surface area (Å²) in [5, 5.41) is 0.530. The summed E-state index contributed by atoms with van der Waals surface area (Å²) in [5.74, 6) is -0.00952. The Labute approximate surface area is 99.0 Å². The second-order valence-corrected chi connectivity index (χ2v) is 4.75. The van der Waals surface area contributed by atoms with Crippen molar-refractivity contribution in [1.82, 2.24) is 4.90 Å². The van der Waals surface area contributed by atoms with E-state index >= 15 is 0 Å². The summed E-state index contributed by atoms with van der Waals surface area (Å²) in [6.45, 7) is 6.12. The minimum atomic E-state index is -0.0362. The van der Waals surface area contributed by atoms with E-state index in [0.717, 1.165) is 4.88 Å². The molecule has 0 radical (unpaired) electrons. The first-order valence-corrected chi connectivity index (χ1v) is 5.92. The lowest BCUT2D eigenvalue weighted by Crippen LogP contribution is -2.27. The molecule has 0 saturated heterocycles. The normalized spacial score (nSPS) is 10.2. The van der Waals surface area contributed by atoms with Crippen LogP contribution in [-0.4, -0.2) is 23.1 Å². The van der Waals surface area contributed by atoms with Gasteiger partial charge < -0.3 is 10.6 Å². The van der Waals surface area contributed by atoms with Crippen molar-refractivity contribution in [2.24, 2.45) is 0 Å². The van der Waals surface area contributed by atoms with Gasteiger partial charge in [0.15, 0.2) is 5.78 Å². The van der Waals surface area contributed by atoms with E-state index in [4.69, 9.17) is 5.73 Å². The molecule has 0 saturated carbocycles. The van der Waals surface area contributed by atoms with E-state index in [1.54, 1.807) is 11.0 Å². The molecular weight excluding hydrogens is 224 g/mol. The predicted molar refractivity (Wildman–Crippen MR) is 65.5 cm³/mol. The SMILES string of the molecule is CCN(Cc1cc(C(C)=O)c(N)s1)C(C)=O. The van der Waals surface area contributed by atoms with Crippen LogP contribution in [0.2, 0.25) is 0 Å². The second kappa shape index (κ2) is 5.12. The van der Waals surface area contributed by atoms with Crippen LogP contribution in [0, 0.1) is 0 Å². The molecule has 4 nitrogen and oxygen atoms in total. The second-order valence-electron chi connectivity index (χ2n) is 3.58. The number of amides is 1. The minimum Gasteiger partial charge on any atom is -0.390 e. The van der Waals surface area contributed by atoms with Gasteiger partial charge in [-0.2, -0.15) is 0 Å². The summed E-state index contributed by atoms with van der Waals surface area (Å²) in [4.78, 5) is 25.1. The van der Waals surface area contributed by atoms with Gasteiger partial charge in [-0.1, -0.05) is 0 Å². The molecule has 1 aromatic rings. The fraction of sp³-hybridized carbons (Fsp3) is 0.455. The third-order valence-corrected chi connectivity index (χ3v) is 3.31. The van der Waals surface area contributed by atoms with Gasteiger partial charge in [0.25, 0.3) is 0 Å². The van der Waals surface area contributed by atoms with Crippen LogP contribution in [0.3, 0.4) is 0 Å². The lowest BCUT2D eigenvalue weighted by atomic mass is 10.2. The number of ketones is 1. The summed E-state index contributed by atoms with van der Waals surface area (Å²) < 4.78 is 0. The molecule has 0 atom stereocenters. The van der Waals surface area contributed by atoms with Gasteiger partial charge in [0.2, 0.25) is 5.91 Å².